The molecule has 0 aliphatic carbocycles. The standard InChI is InChI=1S/C21H23NO5/c1-15(23)17-9-11-18(12-10-17)27-13-5-8-20(24)22-19(21(25)26)14-16-6-3-2-4-7-16/h2-4,6-7,9-12,19H,5,8,13-14H2,1H3,(H,22,24)(H,25,26). The van der Waals surface area contributed by atoms with Crippen molar-refractivity contribution in [3.05, 3.63) is 65.7 Å². The quantitative estimate of drug-likeness (QED) is 0.496. The van der Waals surface area contributed by atoms with Gasteiger partial charge in [-0.3, -0.25) is 9.59 Å². The molecule has 0 aromatic heterocycles. The summed E-state index contributed by atoms with van der Waals surface area (Å²) in [5.74, 6) is -0.780. The summed E-state index contributed by atoms with van der Waals surface area (Å²) in [7, 11) is 0. The van der Waals surface area contributed by atoms with Gasteiger partial charge in [0.05, 0.1) is 6.61 Å². The summed E-state index contributed by atoms with van der Waals surface area (Å²) >= 11 is 0. The minimum atomic E-state index is -1.06. The SMILES string of the molecule is CC(=O)c1ccc(OCCCC(=O)NC(Cc2ccccc2)C(=O)O)cc1. The zero-order valence-corrected chi connectivity index (χ0v) is 15.2. The van der Waals surface area contributed by atoms with Gasteiger partial charge in [0.25, 0.3) is 0 Å². The van der Waals surface area contributed by atoms with E-state index in [-0.39, 0.29) is 24.5 Å². The maximum absolute atomic E-state index is 12.0. The predicted molar refractivity (Wildman–Crippen MR) is 101 cm³/mol. The van der Waals surface area contributed by atoms with Crippen molar-refractivity contribution in [2.24, 2.45) is 0 Å². The third kappa shape index (κ3) is 6.93. The van der Waals surface area contributed by atoms with Crippen LogP contribution in [0.5, 0.6) is 5.75 Å². The molecule has 0 aliphatic heterocycles. The maximum Gasteiger partial charge on any atom is 0.326 e. The van der Waals surface area contributed by atoms with Gasteiger partial charge in [-0.2, -0.15) is 0 Å². The summed E-state index contributed by atoms with van der Waals surface area (Å²) < 4.78 is 5.53. The smallest absolute Gasteiger partial charge is 0.326 e. The molecule has 6 nitrogen and oxygen atoms in total. The lowest BCUT2D eigenvalue weighted by Gasteiger charge is -2.14. The van der Waals surface area contributed by atoms with E-state index in [2.05, 4.69) is 5.32 Å². The third-order valence-corrected chi connectivity index (χ3v) is 3.99. The van der Waals surface area contributed by atoms with Crippen LogP contribution in [-0.4, -0.2) is 35.4 Å². The summed E-state index contributed by atoms with van der Waals surface area (Å²) in [6.07, 6.45) is 0.864. The number of rotatable bonds is 10. The van der Waals surface area contributed by atoms with Gasteiger partial charge in [-0.05, 0) is 43.2 Å². The minimum absolute atomic E-state index is 0.0123. The van der Waals surface area contributed by atoms with Crippen LogP contribution >= 0.6 is 0 Å². The first kappa shape index (κ1) is 20.2. The number of nitrogens with one attached hydrogen (secondary N) is 1. The molecule has 0 spiro atoms. The Labute approximate surface area is 158 Å². The molecule has 1 unspecified atom stereocenters. The van der Waals surface area contributed by atoms with Crippen molar-refractivity contribution in [2.75, 3.05) is 6.61 Å². The second-order valence-corrected chi connectivity index (χ2v) is 6.18. The zero-order chi connectivity index (χ0) is 19.6. The molecule has 6 heteroatoms. The lowest BCUT2D eigenvalue weighted by Crippen LogP contribution is -2.42. The number of carbonyl (C=O) groups excluding carboxylic acids is 2. The fourth-order valence-corrected chi connectivity index (χ4v) is 2.52. The summed E-state index contributed by atoms with van der Waals surface area (Å²) in [6.45, 7) is 1.82. The van der Waals surface area contributed by atoms with Crippen molar-refractivity contribution in [1.29, 1.82) is 0 Å². The van der Waals surface area contributed by atoms with E-state index in [0.717, 1.165) is 5.56 Å². The molecule has 142 valence electrons. The Kier molecular flexibility index (Phi) is 7.55. The van der Waals surface area contributed by atoms with Gasteiger partial charge in [0.1, 0.15) is 11.8 Å². The van der Waals surface area contributed by atoms with Crippen LogP contribution in [-0.2, 0) is 16.0 Å². The van der Waals surface area contributed by atoms with Crippen LogP contribution in [0.1, 0.15) is 35.7 Å². The average molecular weight is 369 g/mol. The van der Waals surface area contributed by atoms with Gasteiger partial charge in [-0.1, -0.05) is 30.3 Å². The van der Waals surface area contributed by atoms with Crippen molar-refractivity contribution in [3.63, 3.8) is 0 Å². The number of ether oxygens (including phenoxy) is 1. The topological polar surface area (TPSA) is 92.7 Å². The lowest BCUT2D eigenvalue weighted by atomic mass is 10.1. The van der Waals surface area contributed by atoms with Crippen molar-refractivity contribution in [2.45, 2.75) is 32.2 Å². The van der Waals surface area contributed by atoms with E-state index in [1.807, 2.05) is 30.3 Å². The number of hydrogen-bond acceptors (Lipinski definition) is 4. The minimum Gasteiger partial charge on any atom is -0.494 e. The number of ketones is 1. The largest absolute Gasteiger partial charge is 0.494 e. The number of carboxylic acid groups (broad SMARTS) is 1. The molecule has 27 heavy (non-hydrogen) atoms. The fourth-order valence-electron chi connectivity index (χ4n) is 2.52. The Morgan fingerprint density at radius 2 is 1.70 bits per heavy atom. The highest BCUT2D eigenvalue weighted by Gasteiger charge is 2.20. The molecule has 2 aromatic carbocycles. The Hall–Kier alpha value is -3.15. The second kappa shape index (κ2) is 10.1. The van der Waals surface area contributed by atoms with Gasteiger partial charge >= 0.3 is 5.97 Å². The molecule has 0 saturated heterocycles. The molecule has 2 aromatic rings. The number of amides is 1. The van der Waals surface area contributed by atoms with Gasteiger partial charge in [0, 0.05) is 18.4 Å². The van der Waals surface area contributed by atoms with Crippen LogP contribution in [0.2, 0.25) is 0 Å². The first-order chi connectivity index (χ1) is 13.0. The molecule has 0 heterocycles. The number of benzene rings is 2. The lowest BCUT2D eigenvalue weighted by molar-refractivity contribution is -0.141. The molecule has 0 saturated carbocycles. The normalized spacial score (nSPS) is 11.4. The van der Waals surface area contributed by atoms with Gasteiger partial charge in [0.2, 0.25) is 5.91 Å². The van der Waals surface area contributed by atoms with E-state index in [1.54, 1.807) is 24.3 Å². The van der Waals surface area contributed by atoms with Crippen LogP contribution in [0.4, 0.5) is 0 Å². The number of hydrogen-bond donors (Lipinski definition) is 2. The molecular weight excluding hydrogens is 346 g/mol. The van der Waals surface area contributed by atoms with Gasteiger partial charge in [0.15, 0.2) is 5.78 Å². The van der Waals surface area contributed by atoms with Gasteiger partial charge in [-0.15, -0.1) is 0 Å². The van der Waals surface area contributed by atoms with Crippen LogP contribution in [0.3, 0.4) is 0 Å². The Bertz CT molecular complexity index is 771. The molecule has 0 fully saturated rings. The van der Waals surface area contributed by atoms with Crippen LogP contribution in [0.15, 0.2) is 54.6 Å². The van der Waals surface area contributed by atoms with Crippen molar-refractivity contribution in [1.82, 2.24) is 5.32 Å². The average Bonchev–Trinajstić information content (AvgIpc) is 2.66. The van der Waals surface area contributed by atoms with E-state index >= 15 is 0 Å². The van der Waals surface area contributed by atoms with E-state index in [0.29, 0.717) is 24.3 Å². The monoisotopic (exact) mass is 369 g/mol. The number of aliphatic carboxylic acids is 1. The van der Waals surface area contributed by atoms with Crippen molar-refractivity contribution >= 4 is 17.7 Å². The highest BCUT2D eigenvalue weighted by Crippen LogP contribution is 2.13. The number of carbonyl (C=O) groups is 3. The summed E-state index contributed by atoms with van der Waals surface area (Å²) in [5.41, 5.74) is 1.46. The molecule has 2 rings (SSSR count). The molecule has 0 bridgehead atoms. The van der Waals surface area contributed by atoms with E-state index in [1.165, 1.54) is 6.92 Å². The van der Waals surface area contributed by atoms with E-state index < -0.39 is 12.0 Å². The van der Waals surface area contributed by atoms with Gasteiger partial charge < -0.3 is 15.2 Å². The summed E-state index contributed by atoms with van der Waals surface area (Å²) in [6, 6.07) is 15.0. The molecule has 1 amide bonds. The Morgan fingerprint density at radius 1 is 1.04 bits per heavy atom. The zero-order valence-electron chi connectivity index (χ0n) is 15.2. The number of Topliss-reactive ketones (excluding diaryl/α,β-unsaturated/α-hetero) is 1. The molecule has 2 N–H and O–H groups in total. The summed E-state index contributed by atoms with van der Waals surface area (Å²) in [5, 5.41) is 11.9. The first-order valence-corrected chi connectivity index (χ1v) is 8.75. The molecule has 1 atom stereocenters. The van der Waals surface area contributed by atoms with E-state index in [9.17, 15) is 19.5 Å². The maximum atomic E-state index is 12.0. The van der Waals surface area contributed by atoms with Crippen molar-refractivity contribution in [3.8, 4) is 5.75 Å². The summed E-state index contributed by atoms with van der Waals surface area (Å²) in [4.78, 5) is 34.6. The number of carboxylic acids is 1. The predicted octanol–water partition coefficient (Wildman–Crippen LogP) is 2.86. The van der Waals surface area contributed by atoms with Crippen LogP contribution in [0.25, 0.3) is 0 Å². The highest BCUT2D eigenvalue weighted by atomic mass is 16.5. The van der Waals surface area contributed by atoms with Crippen molar-refractivity contribution < 1.29 is 24.2 Å². The molecule has 0 radical (unpaired) electrons. The van der Waals surface area contributed by atoms with Crippen LogP contribution in [0, 0.1) is 0 Å². The fraction of sp³-hybridized carbons (Fsp3) is 0.286. The van der Waals surface area contributed by atoms with Gasteiger partial charge in [-0.25, -0.2) is 4.79 Å². The highest BCUT2D eigenvalue weighted by molar-refractivity contribution is 5.94. The Balaban J connectivity index is 1.74. The van der Waals surface area contributed by atoms with E-state index in [4.69, 9.17) is 4.74 Å². The first-order valence-electron chi connectivity index (χ1n) is 8.75. The third-order valence-electron chi connectivity index (χ3n) is 3.99. The van der Waals surface area contributed by atoms with Crippen LogP contribution < -0.4 is 10.1 Å². The second-order valence-electron chi connectivity index (χ2n) is 6.18. The molecular formula is C21H23NO5. The Morgan fingerprint density at radius 3 is 2.30 bits per heavy atom. The molecule has 0 aliphatic rings.